The van der Waals surface area contributed by atoms with Crippen molar-refractivity contribution in [2.45, 2.75) is 71.4 Å². The minimum absolute atomic E-state index is 0.0597. The maximum Gasteiger partial charge on any atom is 0.137 e. The highest BCUT2D eigenvalue weighted by atomic mass is 35.5. The van der Waals surface area contributed by atoms with Gasteiger partial charge in [-0.15, -0.1) is 0 Å². The van der Waals surface area contributed by atoms with Crippen LogP contribution in [0.2, 0.25) is 5.02 Å². The van der Waals surface area contributed by atoms with Crippen LogP contribution < -0.4 is 0 Å². The normalized spacial score (nSPS) is 15.2. The van der Waals surface area contributed by atoms with Gasteiger partial charge < -0.3 is 5.11 Å². The molecule has 2 atom stereocenters. The lowest BCUT2D eigenvalue weighted by Crippen LogP contribution is -2.36. The minimum Gasteiger partial charge on any atom is -0.390 e. The maximum absolute atomic E-state index is 10.8. The average Bonchev–Trinajstić information content (AvgIpc) is 3.04. The summed E-state index contributed by atoms with van der Waals surface area (Å²) < 4.78 is 1.80. The van der Waals surface area contributed by atoms with Gasteiger partial charge in [0, 0.05) is 5.02 Å². The predicted octanol–water partition coefficient (Wildman–Crippen LogP) is 5.03. The van der Waals surface area contributed by atoms with Crippen LogP contribution in [-0.4, -0.2) is 26.0 Å². The number of nitrogens with zero attached hydrogens (tertiary/aromatic N) is 3. The zero-order valence-corrected chi connectivity index (χ0v) is 16.7. The highest BCUT2D eigenvalue weighted by Crippen LogP contribution is 2.34. The van der Waals surface area contributed by atoms with Crippen molar-refractivity contribution in [3.63, 3.8) is 0 Å². The number of aliphatic hydroxyl groups excluding tert-OH is 1. The molecule has 1 aromatic carbocycles. The molecule has 1 N–H and O–H groups in total. The second-order valence-electron chi connectivity index (χ2n) is 8.54. The van der Waals surface area contributed by atoms with Crippen LogP contribution >= 0.6 is 11.6 Å². The molecule has 138 valence electrons. The number of hydrogen-bond acceptors (Lipinski definition) is 3. The summed E-state index contributed by atoms with van der Waals surface area (Å²) in [6.07, 6.45) is 5.63. The molecule has 0 spiro atoms. The molecule has 2 unspecified atom stereocenters. The molecule has 0 aliphatic heterocycles. The molecule has 1 aromatic heterocycles. The Bertz CT molecular complexity index is 645. The van der Waals surface area contributed by atoms with Crippen molar-refractivity contribution in [2.24, 2.45) is 5.41 Å². The van der Waals surface area contributed by atoms with Crippen molar-refractivity contribution in [1.29, 1.82) is 0 Å². The Kier molecular flexibility index (Phi) is 6.28. The van der Waals surface area contributed by atoms with E-state index >= 15 is 0 Å². The number of rotatable bonds is 7. The Morgan fingerprint density at radius 2 is 1.76 bits per heavy atom. The molecule has 0 amide bonds. The SMILES string of the molecule is CC(C)(CCCC(C(O)C(C)(C)C)n1cncn1)c1ccc(Cl)cc1. The number of benzene rings is 1. The van der Waals surface area contributed by atoms with Crippen LogP contribution in [0.5, 0.6) is 0 Å². The second-order valence-corrected chi connectivity index (χ2v) is 8.97. The van der Waals surface area contributed by atoms with Crippen molar-refractivity contribution in [2.75, 3.05) is 0 Å². The average molecular weight is 364 g/mol. The Morgan fingerprint density at radius 3 is 2.28 bits per heavy atom. The van der Waals surface area contributed by atoms with E-state index in [1.165, 1.54) is 11.9 Å². The Morgan fingerprint density at radius 1 is 1.12 bits per heavy atom. The van der Waals surface area contributed by atoms with E-state index in [0.717, 1.165) is 24.3 Å². The van der Waals surface area contributed by atoms with Gasteiger partial charge >= 0.3 is 0 Å². The van der Waals surface area contributed by atoms with Crippen molar-refractivity contribution in [1.82, 2.24) is 14.8 Å². The van der Waals surface area contributed by atoms with E-state index in [9.17, 15) is 5.11 Å². The van der Waals surface area contributed by atoms with E-state index in [1.54, 1.807) is 11.0 Å². The van der Waals surface area contributed by atoms with E-state index in [2.05, 4.69) is 56.8 Å². The lowest BCUT2D eigenvalue weighted by molar-refractivity contribution is 0.00807. The highest BCUT2D eigenvalue weighted by molar-refractivity contribution is 6.30. The fourth-order valence-electron chi connectivity index (χ4n) is 3.20. The van der Waals surface area contributed by atoms with Gasteiger partial charge in [0.15, 0.2) is 0 Å². The van der Waals surface area contributed by atoms with Crippen molar-refractivity contribution >= 4 is 11.6 Å². The number of halogens is 1. The molecule has 0 saturated heterocycles. The minimum atomic E-state index is -0.479. The van der Waals surface area contributed by atoms with Crippen molar-refractivity contribution in [3.05, 3.63) is 47.5 Å². The van der Waals surface area contributed by atoms with E-state index in [0.29, 0.717) is 0 Å². The quantitative estimate of drug-likeness (QED) is 0.750. The summed E-state index contributed by atoms with van der Waals surface area (Å²) in [4.78, 5) is 4.05. The first-order valence-corrected chi connectivity index (χ1v) is 9.27. The summed E-state index contributed by atoms with van der Waals surface area (Å²) >= 11 is 6.00. The van der Waals surface area contributed by atoms with Crippen LogP contribution in [0.25, 0.3) is 0 Å². The summed E-state index contributed by atoms with van der Waals surface area (Å²) in [5, 5.41) is 15.8. The summed E-state index contributed by atoms with van der Waals surface area (Å²) in [5.74, 6) is 0. The van der Waals surface area contributed by atoms with Gasteiger partial charge in [-0.25, -0.2) is 9.67 Å². The number of hydrogen-bond donors (Lipinski definition) is 1. The van der Waals surface area contributed by atoms with Gasteiger partial charge in [0.05, 0.1) is 12.1 Å². The molecule has 0 radical (unpaired) electrons. The van der Waals surface area contributed by atoms with Gasteiger partial charge in [-0.1, -0.05) is 64.8 Å². The predicted molar refractivity (Wildman–Crippen MR) is 103 cm³/mol. The molecule has 0 bridgehead atoms. The van der Waals surface area contributed by atoms with Gasteiger partial charge in [-0.3, -0.25) is 0 Å². The van der Waals surface area contributed by atoms with Crippen LogP contribution in [0.4, 0.5) is 0 Å². The Hall–Kier alpha value is -1.39. The molecule has 0 aliphatic rings. The fraction of sp³-hybridized carbons (Fsp3) is 0.600. The van der Waals surface area contributed by atoms with Gasteiger partial charge in [0.1, 0.15) is 12.7 Å². The first kappa shape index (κ1) is 19.9. The van der Waals surface area contributed by atoms with E-state index in [4.69, 9.17) is 11.6 Å². The van der Waals surface area contributed by atoms with Crippen LogP contribution in [0, 0.1) is 5.41 Å². The standard InChI is InChI=1S/C20H30ClN3O/c1-19(2,3)18(25)17(24-14-22-13-23-24)7-6-12-20(4,5)15-8-10-16(21)11-9-15/h8-11,13-14,17-18,25H,6-7,12H2,1-5H3. The molecular weight excluding hydrogens is 334 g/mol. The third kappa shape index (κ3) is 5.29. The Balaban J connectivity index is 2.04. The highest BCUT2D eigenvalue weighted by Gasteiger charge is 2.32. The zero-order valence-electron chi connectivity index (χ0n) is 15.9. The molecule has 5 heteroatoms. The third-order valence-corrected chi connectivity index (χ3v) is 5.21. The van der Waals surface area contributed by atoms with Gasteiger partial charge in [-0.2, -0.15) is 5.10 Å². The summed E-state index contributed by atoms with van der Waals surface area (Å²) in [6.45, 7) is 10.7. The first-order valence-electron chi connectivity index (χ1n) is 8.89. The smallest absolute Gasteiger partial charge is 0.137 e. The van der Waals surface area contributed by atoms with E-state index in [1.807, 2.05) is 12.1 Å². The monoisotopic (exact) mass is 363 g/mol. The maximum atomic E-state index is 10.8. The Labute approximate surface area is 156 Å². The van der Waals surface area contributed by atoms with Crippen molar-refractivity contribution < 1.29 is 5.11 Å². The van der Waals surface area contributed by atoms with Crippen molar-refractivity contribution in [3.8, 4) is 0 Å². The largest absolute Gasteiger partial charge is 0.390 e. The summed E-state index contributed by atoms with van der Waals surface area (Å²) in [7, 11) is 0. The topological polar surface area (TPSA) is 50.9 Å². The van der Waals surface area contributed by atoms with Crippen LogP contribution in [0.3, 0.4) is 0 Å². The summed E-state index contributed by atoms with van der Waals surface area (Å²) in [6, 6.07) is 8.02. The molecular formula is C20H30ClN3O. The van der Waals surface area contributed by atoms with Crippen LogP contribution in [-0.2, 0) is 5.41 Å². The molecule has 0 saturated carbocycles. The second kappa shape index (κ2) is 7.88. The number of aliphatic hydroxyl groups is 1. The molecule has 0 fully saturated rings. The van der Waals surface area contributed by atoms with Gasteiger partial charge in [0.25, 0.3) is 0 Å². The van der Waals surface area contributed by atoms with Gasteiger partial charge in [0.2, 0.25) is 0 Å². The van der Waals surface area contributed by atoms with Crippen LogP contribution in [0.1, 0.15) is 65.5 Å². The van der Waals surface area contributed by atoms with Gasteiger partial charge in [-0.05, 0) is 41.4 Å². The fourth-order valence-corrected chi connectivity index (χ4v) is 3.33. The number of aromatic nitrogens is 3. The molecule has 1 heterocycles. The van der Waals surface area contributed by atoms with E-state index in [-0.39, 0.29) is 16.9 Å². The molecule has 25 heavy (non-hydrogen) atoms. The summed E-state index contributed by atoms with van der Waals surface area (Å²) in [5.41, 5.74) is 1.14. The third-order valence-electron chi connectivity index (χ3n) is 4.96. The first-order chi connectivity index (χ1) is 11.6. The lowest BCUT2D eigenvalue weighted by Gasteiger charge is -2.34. The lowest BCUT2D eigenvalue weighted by atomic mass is 9.78. The van der Waals surface area contributed by atoms with E-state index < -0.39 is 6.10 Å². The molecule has 0 aliphatic carbocycles. The molecule has 2 rings (SSSR count). The van der Waals surface area contributed by atoms with Crippen LogP contribution in [0.15, 0.2) is 36.9 Å². The molecule has 2 aromatic rings. The molecule has 4 nitrogen and oxygen atoms in total. The zero-order chi connectivity index (χ0) is 18.7.